The number of ether oxygens (including phenoxy) is 3. The average molecular weight is 513 g/mol. The lowest BCUT2D eigenvalue weighted by Crippen LogP contribution is -2.49. The Morgan fingerprint density at radius 2 is 1.61 bits per heavy atom. The highest BCUT2D eigenvalue weighted by molar-refractivity contribution is 5.99. The fraction of sp³-hybridized carbons (Fsp3) is 0.290. The lowest BCUT2D eigenvalue weighted by Gasteiger charge is -2.30. The molecule has 7 nitrogen and oxygen atoms in total. The van der Waals surface area contributed by atoms with Gasteiger partial charge in [-0.25, -0.2) is 0 Å². The van der Waals surface area contributed by atoms with Crippen LogP contribution in [-0.4, -0.2) is 42.7 Å². The number of hydrogen-bond acceptors (Lipinski definition) is 5. The molecule has 7 heteroatoms. The molecule has 0 saturated carbocycles. The van der Waals surface area contributed by atoms with Gasteiger partial charge >= 0.3 is 0 Å². The normalized spacial score (nSPS) is 22.6. The van der Waals surface area contributed by atoms with E-state index in [2.05, 4.69) is 17.5 Å². The zero-order chi connectivity index (χ0) is 26.5. The van der Waals surface area contributed by atoms with Crippen molar-refractivity contribution in [1.29, 1.82) is 0 Å². The zero-order valence-electron chi connectivity index (χ0n) is 21.6. The molecule has 5 rings (SSSR count). The Labute approximate surface area is 223 Å². The third-order valence-corrected chi connectivity index (χ3v) is 6.93. The molecule has 196 valence electrons. The van der Waals surface area contributed by atoms with Crippen LogP contribution in [0.1, 0.15) is 47.3 Å². The molecule has 2 aliphatic rings. The van der Waals surface area contributed by atoms with E-state index in [4.69, 9.17) is 14.2 Å². The minimum atomic E-state index is -0.737. The quantitative estimate of drug-likeness (QED) is 0.496. The van der Waals surface area contributed by atoms with Crippen LogP contribution in [0, 0.1) is 0 Å². The van der Waals surface area contributed by atoms with Gasteiger partial charge in [0.1, 0.15) is 11.8 Å². The molecule has 2 amide bonds. The van der Waals surface area contributed by atoms with E-state index < -0.39 is 6.04 Å². The smallest absolute Gasteiger partial charge is 0.258 e. The van der Waals surface area contributed by atoms with Crippen molar-refractivity contribution in [2.24, 2.45) is 0 Å². The molecular weight excluding hydrogens is 480 g/mol. The van der Waals surface area contributed by atoms with Gasteiger partial charge in [0, 0.05) is 19.9 Å². The second-order valence-electron chi connectivity index (χ2n) is 9.66. The number of para-hydroxylation sites is 1. The fourth-order valence-electron chi connectivity index (χ4n) is 4.78. The Morgan fingerprint density at radius 3 is 2.45 bits per heavy atom. The van der Waals surface area contributed by atoms with E-state index in [0.29, 0.717) is 42.1 Å². The van der Waals surface area contributed by atoms with Gasteiger partial charge in [-0.05, 0) is 48.7 Å². The third kappa shape index (κ3) is 5.67. The Kier molecular flexibility index (Phi) is 7.63. The van der Waals surface area contributed by atoms with Gasteiger partial charge in [-0.15, -0.1) is 0 Å². The molecule has 0 bridgehead atoms. The van der Waals surface area contributed by atoms with E-state index in [0.717, 1.165) is 11.1 Å². The highest BCUT2D eigenvalue weighted by Gasteiger charge is 2.31. The summed E-state index contributed by atoms with van der Waals surface area (Å²) in [6, 6.07) is 21.6. The first-order valence-corrected chi connectivity index (χ1v) is 12.9. The van der Waals surface area contributed by atoms with Crippen molar-refractivity contribution in [1.82, 2.24) is 10.2 Å². The number of hydrogen-bond donors (Lipinski definition) is 1. The van der Waals surface area contributed by atoms with Crippen LogP contribution in [-0.2, 0) is 11.2 Å². The second-order valence-corrected chi connectivity index (χ2v) is 9.66. The Balaban J connectivity index is 1.51. The van der Waals surface area contributed by atoms with Crippen LogP contribution in [0.4, 0.5) is 0 Å². The summed E-state index contributed by atoms with van der Waals surface area (Å²) in [6.07, 6.45) is 5.60. The number of fused-ring (bicyclic) bond motifs is 2. The second kappa shape index (κ2) is 11.4. The molecule has 0 aliphatic carbocycles. The van der Waals surface area contributed by atoms with E-state index in [9.17, 15) is 9.59 Å². The van der Waals surface area contributed by atoms with Crippen LogP contribution in [0.25, 0.3) is 0 Å². The van der Waals surface area contributed by atoms with Gasteiger partial charge in [-0.1, -0.05) is 60.7 Å². The molecule has 38 heavy (non-hydrogen) atoms. The first-order chi connectivity index (χ1) is 18.5. The summed E-state index contributed by atoms with van der Waals surface area (Å²) in [7, 11) is 1.68. The summed E-state index contributed by atoms with van der Waals surface area (Å²) >= 11 is 0. The number of benzene rings is 3. The predicted octanol–water partition coefficient (Wildman–Crippen LogP) is 5.07. The maximum absolute atomic E-state index is 13.9. The van der Waals surface area contributed by atoms with Crippen LogP contribution in [0.15, 0.2) is 84.9 Å². The summed E-state index contributed by atoms with van der Waals surface area (Å²) in [5.74, 6) is 1.36. The van der Waals surface area contributed by atoms with Gasteiger partial charge in [0.15, 0.2) is 11.5 Å². The summed E-state index contributed by atoms with van der Waals surface area (Å²) in [4.78, 5) is 29.2. The maximum Gasteiger partial charge on any atom is 0.258 e. The van der Waals surface area contributed by atoms with Crippen molar-refractivity contribution < 1.29 is 23.8 Å². The van der Waals surface area contributed by atoms with Crippen LogP contribution in [0.3, 0.4) is 0 Å². The van der Waals surface area contributed by atoms with Gasteiger partial charge in [0.2, 0.25) is 12.7 Å². The Hall–Kier alpha value is -4.26. The molecule has 2 aliphatic heterocycles. The Morgan fingerprint density at radius 1 is 0.868 bits per heavy atom. The fourth-order valence-corrected chi connectivity index (χ4v) is 4.78. The minimum Gasteiger partial charge on any atom is -0.490 e. The number of nitrogens with zero attached hydrogens (tertiary/aromatic N) is 1. The van der Waals surface area contributed by atoms with Gasteiger partial charge in [-0.2, -0.15) is 0 Å². The van der Waals surface area contributed by atoms with E-state index >= 15 is 0 Å². The minimum absolute atomic E-state index is 0.132. The molecule has 0 aromatic heterocycles. The largest absolute Gasteiger partial charge is 0.490 e. The lowest BCUT2D eigenvalue weighted by atomic mass is 9.99. The monoisotopic (exact) mass is 512 g/mol. The van der Waals surface area contributed by atoms with Gasteiger partial charge in [0.25, 0.3) is 5.91 Å². The van der Waals surface area contributed by atoms with Crippen LogP contribution >= 0.6 is 0 Å². The van der Waals surface area contributed by atoms with Crippen molar-refractivity contribution in [3.8, 4) is 17.2 Å². The molecule has 0 spiro atoms. The van der Waals surface area contributed by atoms with Crippen LogP contribution in [0.2, 0.25) is 0 Å². The maximum atomic E-state index is 13.9. The van der Waals surface area contributed by atoms with Crippen molar-refractivity contribution >= 4 is 11.8 Å². The topological polar surface area (TPSA) is 77.1 Å². The lowest BCUT2D eigenvalue weighted by molar-refractivity contribution is -0.126. The first kappa shape index (κ1) is 25.4. The molecule has 0 radical (unpaired) electrons. The molecule has 1 N–H and O–H groups in total. The van der Waals surface area contributed by atoms with E-state index in [1.165, 1.54) is 4.90 Å². The van der Waals surface area contributed by atoms with Crippen LogP contribution < -0.4 is 19.5 Å². The molecule has 3 aromatic carbocycles. The van der Waals surface area contributed by atoms with E-state index in [1.807, 2.05) is 67.6 Å². The van der Waals surface area contributed by atoms with Crippen molar-refractivity contribution in [3.63, 3.8) is 0 Å². The SMILES string of the molecule is C[C@@H]1C/C=C/C[C@H](c2ccc3c(c2)OCO3)NC(=O)[C@H](Cc2ccccc2)N(C)C(=O)c2ccccc2O1. The van der Waals surface area contributed by atoms with Crippen molar-refractivity contribution in [3.05, 3.63) is 102 Å². The molecule has 0 saturated heterocycles. The van der Waals surface area contributed by atoms with Gasteiger partial charge in [0.05, 0.1) is 17.7 Å². The average Bonchev–Trinajstić information content (AvgIpc) is 3.41. The van der Waals surface area contributed by atoms with Crippen LogP contribution in [0.5, 0.6) is 17.2 Å². The predicted molar refractivity (Wildman–Crippen MR) is 144 cm³/mol. The number of likely N-dealkylation sites (N-methyl/N-ethyl adjacent to an activating group) is 1. The summed E-state index contributed by atoms with van der Waals surface area (Å²) in [5.41, 5.74) is 2.30. The van der Waals surface area contributed by atoms with Gasteiger partial charge in [-0.3, -0.25) is 9.59 Å². The highest BCUT2D eigenvalue weighted by Crippen LogP contribution is 2.35. The summed E-state index contributed by atoms with van der Waals surface area (Å²) < 4.78 is 17.2. The molecule has 2 heterocycles. The third-order valence-electron chi connectivity index (χ3n) is 6.93. The van der Waals surface area contributed by atoms with Crippen molar-refractivity contribution in [2.45, 2.75) is 44.4 Å². The number of carbonyl (C=O) groups excluding carboxylic acids is 2. The number of rotatable bonds is 3. The number of amides is 2. The highest BCUT2D eigenvalue weighted by atomic mass is 16.7. The van der Waals surface area contributed by atoms with E-state index in [-0.39, 0.29) is 30.8 Å². The number of carbonyl (C=O) groups is 2. The molecule has 0 fully saturated rings. The first-order valence-electron chi connectivity index (χ1n) is 12.9. The standard InChI is InChI=1S/C31H32N2O5/c1-21-10-6-8-14-25(23-16-17-28-29(19-23)37-20-36-28)32-30(34)26(18-22-11-4-3-5-12-22)33(2)31(35)24-13-7-9-15-27(24)38-21/h3-9,11-13,15-17,19,21,25-26H,10,14,18,20H2,1-2H3,(H,32,34)/b8-6+/t21-,25-,26+/m1/s1. The van der Waals surface area contributed by atoms with Gasteiger partial charge < -0.3 is 24.4 Å². The van der Waals surface area contributed by atoms with E-state index in [1.54, 1.807) is 19.2 Å². The Bertz CT molecular complexity index is 1320. The zero-order valence-corrected chi connectivity index (χ0v) is 21.6. The molecule has 0 unspecified atom stereocenters. The van der Waals surface area contributed by atoms with Crippen molar-refractivity contribution in [2.75, 3.05) is 13.8 Å². The number of nitrogens with one attached hydrogen (secondary N) is 1. The molecule has 3 atom stereocenters. The summed E-state index contributed by atoms with van der Waals surface area (Å²) in [5, 5.41) is 3.22. The molecule has 3 aromatic rings. The summed E-state index contributed by atoms with van der Waals surface area (Å²) in [6.45, 7) is 2.16. The molecular formula is C31H32N2O5.